The van der Waals surface area contributed by atoms with E-state index in [0.717, 1.165) is 21.8 Å². The minimum Gasteiger partial charge on any atom is -0.387 e. The van der Waals surface area contributed by atoms with Crippen LogP contribution in [-0.2, 0) is 4.79 Å². The maximum atomic E-state index is 13.2. The molecule has 0 aliphatic carbocycles. The number of thioether (sulfide) groups is 1. The van der Waals surface area contributed by atoms with Gasteiger partial charge in [-0.05, 0) is 43.4 Å². The fourth-order valence-electron chi connectivity index (χ4n) is 4.51. The van der Waals surface area contributed by atoms with Crippen LogP contribution in [0.1, 0.15) is 18.4 Å². The first kappa shape index (κ1) is 22.3. The van der Waals surface area contributed by atoms with Gasteiger partial charge in [0.1, 0.15) is 12.1 Å². The monoisotopic (exact) mass is 476 g/mol. The van der Waals surface area contributed by atoms with Crippen LogP contribution in [0.15, 0.2) is 48.3 Å². The lowest BCUT2D eigenvalue weighted by molar-refractivity contribution is -0.135. The molecule has 5 heterocycles. The third-order valence-corrected chi connectivity index (χ3v) is 6.95. The Morgan fingerprint density at radius 3 is 2.68 bits per heavy atom. The van der Waals surface area contributed by atoms with Gasteiger partial charge in [-0.3, -0.25) is 14.7 Å². The number of aromatic nitrogens is 3. The molecule has 3 aromatic heterocycles. The van der Waals surface area contributed by atoms with E-state index in [1.165, 1.54) is 0 Å². The largest absolute Gasteiger partial charge is 0.387 e. The number of hydrogen-bond donors (Lipinski definition) is 2. The summed E-state index contributed by atoms with van der Waals surface area (Å²) < 4.78 is 0. The number of aliphatic hydroxyl groups is 1. The van der Waals surface area contributed by atoms with Gasteiger partial charge in [0.2, 0.25) is 5.91 Å². The van der Waals surface area contributed by atoms with Gasteiger partial charge < -0.3 is 15.3 Å². The first-order valence-corrected chi connectivity index (χ1v) is 12.2. The number of fused-ring (bicyclic) bond motifs is 3. The molecule has 34 heavy (non-hydrogen) atoms. The van der Waals surface area contributed by atoms with Gasteiger partial charge in [-0.15, -0.1) is 11.8 Å². The second kappa shape index (κ2) is 9.03. The SMILES string of the molecule is C=C1NC(=O)N(C2CCN(C(=O)CO)CC2)c2c1cnc1ccc(-c3ccc(SC)nc3)nc21. The Balaban J connectivity index is 1.58. The number of carbonyl (C=O) groups is 2. The van der Waals surface area contributed by atoms with Gasteiger partial charge >= 0.3 is 6.03 Å². The molecule has 1 fully saturated rings. The number of rotatable bonds is 4. The van der Waals surface area contributed by atoms with Crippen LogP contribution in [-0.4, -0.2) is 68.9 Å². The minimum absolute atomic E-state index is 0.131. The molecule has 174 valence electrons. The van der Waals surface area contributed by atoms with Gasteiger partial charge in [-0.25, -0.2) is 14.8 Å². The zero-order valence-electron chi connectivity index (χ0n) is 18.7. The number of aliphatic hydroxyl groups excluding tert-OH is 1. The minimum atomic E-state index is -0.507. The van der Waals surface area contributed by atoms with E-state index in [1.54, 1.807) is 34.0 Å². The van der Waals surface area contributed by atoms with E-state index < -0.39 is 6.61 Å². The number of anilines is 1. The number of likely N-dealkylation sites (tertiary alicyclic amines) is 1. The highest BCUT2D eigenvalue weighted by atomic mass is 32.2. The molecule has 0 spiro atoms. The Kier molecular flexibility index (Phi) is 5.93. The molecular weight excluding hydrogens is 452 g/mol. The van der Waals surface area contributed by atoms with Crippen LogP contribution in [0.3, 0.4) is 0 Å². The standard InChI is InChI=1S/C24H24N6O3S/c1-14-17-12-25-19-5-4-18(15-3-6-20(34-2)26-11-15)28-22(19)23(17)30(24(33)27-14)16-7-9-29(10-8-16)21(32)13-31/h3-6,11-12,16,31H,1,7-10,13H2,2H3,(H,27,33). The maximum absolute atomic E-state index is 13.2. The predicted molar refractivity (Wildman–Crippen MR) is 131 cm³/mol. The van der Waals surface area contributed by atoms with E-state index in [-0.39, 0.29) is 18.0 Å². The highest BCUT2D eigenvalue weighted by molar-refractivity contribution is 7.98. The lowest BCUT2D eigenvalue weighted by Gasteiger charge is -2.41. The predicted octanol–water partition coefficient (Wildman–Crippen LogP) is 2.90. The molecule has 1 saturated heterocycles. The first-order valence-electron chi connectivity index (χ1n) is 11.0. The molecule has 9 nitrogen and oxygen atoms in total. The van der Waals surface area contributed by atoms with Crippen LogP contribution < -0.4 is 10.2 Å². The fraction of sp³-hybridized carbons (Fsp3) is 0.292. The average Bonchev–Trinajstić information content (AvgIpc) is 2.88. The number of nitrogens with zero attached hydrogens (tertiary/aromatic N) is 5. The Morgan fingerprint density at radius 2 is 2.00 bits per heavy atom. The van der Waals surface area contributed by atoms with E-state index in [1.807, 2.05) is 30.5 Å². The average molecular weight is 477 g/mol. The summed E-state index contributed by atoms with van der Waals surface area (Å²) in [4.78, 5) is 42.4. The van der Waals surface area contributed by atoms with Gasteiger partial charge in [0.05, 0.1) is 21.9 Å². The molecule has 2 aliphatic heterocycles. The van der Waals surface area contributed by atoms with Crippen LogP contribution >= 0.6 is 11.8 Å². The lowest BCUT2D eigenvalue weighted by Crippen LogP contribution is -2.54. The summed E-state index contributed by atoms with van der Waals surface area (Å²) in [7, 11) is 0. The van der Waals surface area contributed by atoms with Crippen molar-refractivity contribution in [2.45, 2.75) is 23.9 Å². The molecule has 3 amide bonds. The van der Waals surface area contributed by atoms with Crippen molar-refractivity contribution in [1.82, 2.24) is 25.2 Å². The van der Waals surface area contributed by atoms with Crippen LogP contribution in [0.4, 0.5) is 10.5 Å². The molecule has 0 bridgehead atoms. The Morgan fingerprint density at radius 1 is 1.21 bits per heavy atom. The van der Waals surface area contributed by atoms with Gasteiger partial charge in [0, 0.05) is 48.3 Å². The number of urea groups is 1. The number of piperidine rings is 1. The Bertz CT molecular complexity index is 1290. The maximum Gasteiger partial charge on any atom is 0.326 e. The summed E-state index contributed by atoms with van der Waals surface area (Å²) in [5.74, 6) is -0.294. The van der Waals surface area contributed by atoms with Crippen LogP contribution in [0.2, 0.25) is 0 Å². The topological polar surface area (TPSA) is 112 Å². The summed E-state index contributed by atoms with van der Waals surface area (Å²) in [5, 5.41) is 12.9. The van der Waals surface area contributed by atoms with Gasteiger partial charge in [0.15, 0.2) is 0 Å². The van der Waals surface area contributed by atoms with Crippen molar-refractivity contribution in [2.24, 2.45) is 0 Å². The fourth-order valence-corrected chi connectivity index (χ4v) is 4.87. The second-order valence-corrected chi connectivity index (χ2v) is 9.05. The summed E-state index contributed by atoms with van der Waals surface area (Å²) in [6, 6.07) is 7.33. The van der Waals surface area contributed by atoms with Crippen LogP contribution in [0, 0.1) is 0 Å². The van der Waals surface area contributed by atoms with E-state index in [2.05, 4.69) is 21.9 Å². The molecule has 0 radical (unpaired) electrons. The highest BCUT2D eigenvalue weighted by Crippen LogP contribution is 2.38. The zero-order valence-corrected chi connectivity index (χ0v) is 19.5. The summed E-state index contributed by atoms with van der Waals surface area (Å²) in [6.07, 6.45) is 6.67. The van der Waals surface area contributed by atoms with E-state index in [0.29, 0.717) is 48.3 Å². The Hall–Kier alpha value is -3.50. The van der Waals surface area contributed by atoms with Gasteiger partial charge in [-0.2, -0.15) is 0 Å². The molecule has 3 aromatic rings. The second-order valence-electron chi connectivity index (χ2n) is 8.22. The zero-order chi connectivity index (χ0) is 23.8. The number of nitrogens with one attached hydrogen (secondary N) is 1. The summed E-state index contributed by atoms with van der Waals surface area (Å²) >= 11 is 1.57. The number of pyridine rings is 3. The smallest absolute Gasteiger partial charge is 0.326 e. The molecule has 10 heteroatoms. The molecular formula is C24H24N6O3S. The molecule has 0 saturated carbocycles. The number of amides is 3. The third-order valence-electron chi connectivity index (χ3n) is 6.29. The van der Waals surface area contributed by atoms with Crippen molar-refractivity contribution in [3.63, 3.8) is 0 Å². The van der Waals surface area contributed by atoms with Crippen LogP contribution in [0.25, 0.3) is 28.0 Å². The quantitative estimate of drug-likeness (QED) is 0.557. The molecule has 0 aromatic carbocycles. The van der Waals surface area contributed by atoms with Gasteiger partial charge in [0.25, 0.3) is 0 Å². The molecule has 2 aliphatic rings. The van der Waals surface area contributed by atoms with E-state index in [9.17, 15) is 14.7 Å². The lowest BCUT2D eigenvalue weighted by atomic mass is 9.99. The molecule has 2 N–H and O–H groups in total. The van der Waals surface area contributed by atoms with E-state index >= 15 is 0 Å². The van der Waals surface area contributed by atoms with Crippen molar-refractivity contribution in [3.05, 3.63) is 48.8 Å². The van der Waals surface area contributed by atoms with Crippen molar-refractivity contribution in [1.29, 1.82) is 0 Å². The van der Waals surface area contributed by atoms with Gasteiger partial charge in [-0.1, -0.05) is 6.58 Å². The van der Waals surface area contributed by atoms with Crippen molar-refractivity contribution < 1.29 is 14.7 Å². The molecule has 0 atom stereocenters. The van der Waals surface area contributed by atoms with Crippen molar-refractivity contribution in [3.8, 4) is 11.3 Å². The third kappa shape index (κ3) is 3.88. The molecule has 0 unspecified atom stereocenters. The number of carbonyl (C=O) groups excluding carboxylic acids is 2. The summed E-state index contributed by atoms with van der Waals surface area (Å²) in [6.45, 7) is 4.46. The first-order chi connectivity index (χ1) is 16.5. The van der Waals surface area contributed by atoms with Crippen molar-refractivity contribution >= 4 is 46.1 Å². The normalized spacial score (nSPS) is 16.5. The van der Waals surface area contributed by atoms with Crippen molar-refractivity contribution in [2.75, 3.05) is 30.9 Å². The number of hydrogen-bond acceptors (Lipinski definition) is 7. The summed E-state index contributed by atoms with van der Waals surface area (Å²) in [5.41, 5.74) is 4.80. The highest BCUT2D eigenvalue weighted by Gasteiger charge is 2.36. The Labute approximate surface area is 200 Å². The molecule has 5 rings (SSSR count). The van der Waals surface area contributed by atoms with E-state index in [4.69, 9.17) is 4.98 Å². The van der Waals surface area contributed by atoms with Crippen LogP contribution in [0.5, 0.6) is 0 Å².